The number of hydrogen-bond donors (Lipinski definition) is 3. The first kappa shape index (κ1) is 17.1. The summed E-state index contributed by atoms with van der Waals surface area (Å²) in [5.41, 5.74) is 0.926. The number of carbonyl (C=O) groups is 3. The van der Waals surface area contributed by atoms with E-state index in [1.54, 1.807) is 0 Å². The van der Waals surface area contributed by atoms with Gasteiger partial charge in [0.15, 0.2) is 5.13 Å². The molecule has 3 amide bonds. The van der Waals surface area contributed by atoms with E-state index >= 15 is 0 Å². The number of unbranched alkanes of at least 4 members (excludes halogenated alkanes) is 1. The van der Waals surface area contributed by atoms with Crippen LogP contribution >= 0.6 is 11.3 Å². The number of urea groups is 1. The molecule has 0 unspecified atom stereocenters. The Morgan fingerprint density at radius 2 is 1.90 bits per heavy atom. The van der Waals surface area contributed by atoms with Gasteiger partial charge in [-0.3, -0.25) is 20.2 Å². The van der Waals surface area contributed by atoms with E-state index in [0.717, 1.165) is 17.0 Å². The van der Waals surface area contributed by atoms with E-state index in [0.29, 0.717) is 18.0 Å². The van der Waals surface area contributed by atoms with Crippen molar-refractivity contribution in [3.8, 4) is 0 Å². The number of imide groups is 1. The zero-order chi connectivity index (χ0) is 15.8. The maximum absolute atomic E-state index is 11.6. The Hall–Kier alpha value is -1.96. The van der Waals surface area contributed by atoms with Crippen LogP contribution in [0.25, 0.3) is 0 Å². The van der Waals surface area contributed by atoms with E-state index in [2.05, 4.69) is 15.6 Å². The molecule has 8 heteroatoms. The Kier molecular flexibility index (Phi) is 6.80. The average molecular weight is 313 g/mol. The standard InChI is InChI=1S/C13H19N3O4S/c1-3-9-8(2)21-13(14-9)16-12(20)15-10(17)6-4-5-7-11(18)19/h3-7H2,1-2H3,(H,18,19)(H2,14,15,16,17,20). The minimum atomic E-state index is -0.890. The van der Waals surface area contributed by atoms with E-state index in [9.17, 15) is 14.4 Å². The summed E-state index contributed by atoms with van der Waals surface area (Å²) in [4.78, 5) is 38.7. The Balaban J connectivity index is 2.32. The number of carbonyl (C=O) groups excluding carboxylic acids is 2. The van der Waals surface area contributed by atoms with Gasteiger partial charge in [-0.15, -0.1) is 11.3 Å². The second kappa shape index (κ2) is 8.35. The number of aryl methyl sites for hydroxylation is 2. The normalized spacial score (nSPS) is 10.2. The molecule has 0 saturated heterocycles. The SMILES string of the molecule is CCc1nc(NC(=O)NC(=O)CCCCC(=O)O)sc1C. The first-order chi connectivity index (χ1) is 9.92. The first-order valence-electron chi connectivity index (χ1n) is 6.71. The molecule has 1 aromatic heterocycles. The molecular weight excluding hydrogens is 294 g/mol. The number of nitrogens with one attached hydrogen (secondary N) is 2. The minimum absolute atomic E-state index is 0.0255. The molecule has 116 valence electrons. The topological polar surface area (TPSA) is 108 Å². The van der Waals surface area contributed by atoms with Crippen molar-refractivity contribution in [3.05, 3.63) is 10.6 Å². The summed E-state index contributed by atoms with van der Waals surface area (Å²) in [6.45, 7) is 3.90. The molecule has 1 aromatic rings. The van der Waals surface area contributed by atoms with Crippen molar-refractivity contribution in [2.45, 2.75) is 46.0 Å². The highest BCUT2D eigenvalue weighted by Gasteiger charge is 2.11. The number of amides is 3. The Labute approximate surface area is 126 Å². The smallest absolute Gasteiger partial charge is 0.327 e. The number of nitrogens with zero attached hydrogens (tertiary/aromatic N) is 1. The van der Waals surface area contributed by atoms with E-state index in [1.165, 1.54) is 11.3 Å². The predicted molar refractivity (Wildman–Crippen MR) is 79.5 cm³/mol. The third-order valence-corrected chi connectivity index (χ3v) is 3.67. The number of rotatable bonds is 7. The first-order valence-corrected chi connectivity index (χ1v) is 7.53. The second-order valence-corrected chi connectivity index (χ2v) is 5.68. The molecule has 0 aliphatic carbocycles. The van der Waals surface area contributed by atoms with Crippen LogP contribution in [0.15, 0.2) is 0 Å². The molecule has 0 saturated carbocycles. The van der Waals surface area contributed by atoms with E-state index in [1.807, 2.05) is 13.8 Å². The average Bonchev–Trinajstić information content (AvgIpc) is 2.74. The molecule has 1 heterocycles. The molecule has 0 bridgehead atoms. The van der Waals surface area contributed by atoms with Crippen LogP contribution < -0.4 is 10.6 Å². The summed E-state index contributed by atoms with van der Waals surface area (Å²) in [7, 11) is 0. The fourth-order valence-electron chi connectivity index (χ4n) is 1.69. The van der Waals surface area contributed by atoms with Crippen molar-refractivity contribution < 1.29 is 19.5 Å². The van der Waals surface area contributed by atoms with Crippen LogP contribution in [0.4, 0.5) is 9.93 Å². The van der Waals surface area contributed by atoms with Gasteiger partial charge in [-0.25, -0.2) is 9.78 Å². The summed E-state index contributed by atoms with van der Waals surface area (Å²) >= 11 is 1.36. The highest BCUT2D eigenvalue weighted by Crippen LogP contribution is 2.22. The Morgan fingerprint density at radius 1 is 1.24 bits per heavy atom. The molecule has 0 fully saturated rings. The number of thiazole rings is 1. The maximum atomic E-state index is 11.6. The van der Waals surface area contributed by atoms with Gasteiger partial charge in [0.2, 0.25) is 5.91 Å². The van der Waals surface area contributed by atoms with Crippen LogP contribution in [-0.4, -0.2) is 28.0 Å². The molecule has 3 N–H and O–H groups in total. The van der Waals surface area contributed by atoms with Crippen molar-refractivity contribution in [2.24, 2.45) is 0 Å². The molecule has 21 heavy (non-hydrogen) atoms. The fourth-order valence-corrected chi connectivity index (χ4v) is 2.59. The van der Waals surface area contributed by atoms with E-state index in [-0.39, 0.29) is 12.8 Å². The third-order valence-electron chi connectivity index (χ3n) is 2.75. The lowest BCUT2D eigenvalue weighted by atomic mass is 10.2. The van der Waals surface area contributed by atoms with Crippen molar-refractivity contribution in [3.63, 3.8) is 0 Å². The van der Waals surface area contributed by atoms with Crippen LogP contribution in [0.5, 0.6) is 0 Å². The Morgan fingerprint density at radius 3 is 2.48 bits per heavy atom. The summed E-state index contributed by atoms with van der Waals surface area (Å²) in [5, 5.41) is 13.6. The van der Waals surface area contributed by atoms with Crippen molar-refractivity contribution in [2.75, 3.05) is 5.32 Å². The summed E-state index contributed by atoms with van der Waals surface area (Å²) < 4.78 is 0. The van der Waals surface area contributed by atoms with Gasteiger partial charge in [0, 0.05) is 17.7 Å². The van der Waals surface area contributed by atoms with Gasteiger partial charge < -0.3 is 5.11 Å². The van der Waals surface area contributed by atoms with Crippen LogP contribution in [-0.2, 0) is 16.0 Å². The predicted octanol–water partition coefficient (Wildman–Crippen LogP) is 2.31. The summed E-state index contributed by atoms with van der Waals surface area (Å²) in [5.74, 6) is -1.32. The van der Waals surface area contributed by atoms with Gasteiger partial charge in [-0.05, 0) is 26.2 Å². The summed E-state index contributed by atoms with van der Waals surface area (Å²) in [6, 6.07) is -0.616. The largest absolute Gasteiger partial charge is 0.481 e. The number of hydrogen-bond acceptors (Lipinski definition) is 5. The van der Waals surface area contributed by atoms with Crippen LogP contribution in [0, 0.1) is 6.92 Å². The van der Waals surface area contributed by atoms with Gasteiger partial charge in [-0.1, -0.05) is 6.92 Å². The quantitative estimate of drug-likeness (QED) is 0.669. The maximum Gasteiger partial charge on any atom is 0.327 e. The second-order valence-electron chi connectivity index (χ2n) is 4.48. The van der Waals surface area contributed by atoms with Crippen molar-refractivity contribution in [1.29, 1.82) is 0 Å². The van der Waals surface area contributed by atoms with Crippen LogP contribution in [0.1, 0.15) is 43.2 Å². The molecule has 0 aliphatic rings. The van der Waals surface area contributed by atoms with Crippen LogP contribution in [0.2, 0.25) is 0 Å². The molecular formula is C13H19N3O4S. The van der Waals surface area contributed by atoms with Crippen LogP contribution in [0.3, 0.4) is 0 Å². The monoisotopic (exact) mass is 313 g/mol. The fraction of sp³-hybridized carbons (Fsp3) is 0.538. The lowest BCUT2D eigenvalue weighted by Gasteiger charge is -2.03. The van der Waals surface area contributed by atoms with Gasteiger partial charge in [-0.2, -0.15) is 0 Å². The van der Waals surface area contributed by atoms with E-state index < -0.39 is 17.9 Å². The zero-order valence-corrected chi connectivity index (χ0v) is 12.9. The highest BCUT2D eigenvalue weighted by atomic mass is 32.1. The number of anilines is 1. The number of carboxylic acids is 1. The number of carboxylic acid groups (broad SMARTS) is 1. The molecule has 0 spiro atoms. The number of aromatic nitrogens is 1. The van der Waals surface area contributed by atoms with E-state index in [4.69, 9.17) is 5.11 Å². The molecule has 0 aromatic carbocycles. The van der Waals surface area contributed by atoms with Gasteiger partial charge >= 0.3 is 12.0 Å². The number of aliphatic carboxylic acids is 1. The molecule has 0 radical (unpaired) electrons. The molecule has 7 nitrogen and oxygen atoms in total. The lowest BCUT2D eigenvalue weighted by Crippen LogP contribution is -2.34. The zero-order valence-electron chi connectivity index (χ0n) is 12.1. The highest BCUT2D eigenvalue weighted by molar-refractivity contribution is 7.15. The minimum Gasteiger partial charge on any atom is -0.481 e. The van der Waals surface area contributed by atoms with Gasteiger partial charge in [0.05, 0.1) is 5.69 Å². The van der Waals surface area contributed by atoms with Crippen molar-refractivity contribution >= 4 is 34.4 Å². The lowest BCUT2D eigenvalue weighted by molar-refractivity contribution is -0.137. The molecule has 0 atom stereocenters. The van der Waals surface area contributed by atoms with Gasteiger partial charge in [0.1, 0.15) is 0 Å². The molecule has 0 aliphatic heterocycles. The van der Waals surface area contributed by atoms with Crippen molar-refractivity contribution in [1.82, 2.24) is 10.3 Å². The molecule has 1 rings (SSSR count). The Bertz CT molecular complexity index is 527. The van der Waals surface area contributed by atoms with Gasteiger partial charge in [0.25, 0.3) is 0 Å². The third kappa shape index (κ3) is 6.35. The summed E-state index contributed by atoms with van der Waals surface area (Å²) in [6.07, 6.45) is 1.78.